The summed E-state index contributed by atoms with van der Waals surface area (Å²) < 4.78 is 91.3. The van der Waals surface area contributed by atoms with Crippen molar-refractivity contribution in [3.63, 3.8) is 0 Å². The Bertz CT molecular complexity index is 1760. The van der Waals surface area contributed by atoms with Gasteiger partial charge in [0.2, 0.25) is 0 Å². The predicted molar refractivity (Wildman–Crippen MR) is 151 cm³/mol. The zero-order chi connectivity index (χ0) is 29.9. The van der Waals surface area contributed by atoms with E-state index >= 15 is 4.39 Å². The third kappa shape index (κ3) is 6.92. The monoisotopic (exact) mass is 625 g/mol. The molecule has 1 atom stereocenters. The van der Waals surface area contributed by atoms with E-state index in [-0.39, 0.29) is 29.0 Å². The van der Waals surface area contributed by atoms with Gasteiger partial charge in [0, 0.05) is 34.5 Å². The smallest absolute Gasteiger partial charge is 0.261 e. The second-order valence-electron chi connectivity index (χ2n) is 9.01. The van der Waals surface area contributed by atoms with Crippen molar-refractivity contribution in [3.8, 4) is 11.3 Å². The van der Waals surface area contributed by atoms with Crippen LogP contribution in [0, 0.1) is 17.5 Å². The van der Waals surface area contributed by atoms with Crippen molar-refractivity contribution in [1.82, 2.24) is 9.97 Å². The molecule has 0 spiro atoms. The van der Waals surface area contributed by atoms with E-state index < -0.39 is 62.1 Å². The van der Waals surface area contributed by atoms with E-state index in [1.54, 1.807) is 31.2 Å². The van der Waals surface area contributed by atoms with Crippen LogP contribution in [0.1, 0.15) is 35.7 Å². The molecular weight excluding hydrogens is 603 g/mol. The minimum Gasteiger partial charge on any atom is -0.289 e. The fraction of sp³-hybridized carbons (Fsp3) is 0.222. The zero-order valence-corrected chi connectivity index (χ0v) is 23.9. The Kier molecular flexibility index (Phi) is 9.42. The summed E-state index contributed by atoms with van der Waals surface area (Å²) >= 11 is 2.98. The van der Waals surface area contributed by atoms with Crippen molar-refractivity contribution in [2.75, 3.05) is 22.4 Å². The standard InChI is InChI=1S/C27H23ClF3N3O5S2/c1-2-11-41(38,39)12-3-10-34(40(36)37)23-14-19(29)25(30)24(26(23)31)27(35)17-6-9-20-21(13-17)33-22(15-32-20)16-4-7-18(28)8-5-16/h4-9,13-15H,2-3,10-12H2,1H3,(H,36,37). The van der Waals surface area contributed by atoms with Gasteiger partial charge in [-0.1, -0.05) is 30.7 Å². The molecule has 3 aromatic carbocycles. The first-order valence-electron chi connectivity index (χ1n) is 12.3. The Labute approximate surface area is 241 Å². The van der Waals surface area contributed by atoms with Gasteiger partial charge in [-0.05, 0) is 43.2 Å². The van der Waals surface area contributed by atoms with Gasteiger partial charge in [-0.2, -0.15) is 0 Å². The van der Waals surface area contributed by atoms with E-state index in [4.69, 9.17) is 11.6 Å². The van der Waals surface area contributed by atoms with Crippen LogP contribution in [0.3, 0.4) is 0 Å². The van der Waals surface area contributed by atoms with Crippen LogP contribution < -0.4 is 4.31 Å². The van der Waals surface area contributed by atoms with Crippen LogP contribution in [-0.2, 0) is 21.1 Å². The maximum absolute atomic E-state index is 15.6. The molecule has 0 saturated heterocycles. The molecule has 0 aliphatic rings. The molecule has 0 saturated carbocycles. The van der Waals surface area contributed by atoms with Gasteiger partial charge < -0.3 is 0 Å². The number of carbonyl (C=O) groups excluding carboxylic acids is 1. The van der Waals surface area contributed by atoms with Crippen molar-refractivity contribution in [1.29, 1.82) is 0 Å². The van der Waals surface area contributed by atoms with Gasteiger partial charge in [0.1, 0.15) is 9.84 Å². The van der Waals surface area contributed by atoms with Crippen LogP contribution >= 0.6 is 11.6 Å². The lowest BCUT2D eigenvalue weighted by atomic mass is 10.0. The first kappa shape index (κ1) is 30.6. The van der Waals surface area contributed by atoms with Crippen molar-refractivity contribution >= 4 is 55.2 Å². The highest BCUT2D eigenvalue weighted by atomic mass is 35.5. The quantitative estimate of drug-likeness (QED) is 0.128. The first-order chi connectivity index (χ1) is 19.4. The number of sulfone groups is 1. The van der Waals surface area contributed by atoms with Crippen LogP contribution in [0.5, 0.6) is 0 Å². The van der Waals surface area contributed by atoms with E-state index in [2.05, 4.69) is 9.97 Å². The van der Waals surface area contributed by atoms with E-state index in [1.807, 2.05) is 0 Å². The molecule has 0 fully saturated rings. The van der Waals surface area contributed by atoms with E-state index in [0.29, 0.717) is 38.6 Å². The largest absolute Gasteiger partial charge is 0.289 e. The Balaban J connectivity index is 1.71. The SMILES string of the molecule is CCCS(=O)(=O)CCCN(c1cc(F)c(F)c(C(=O)c2ccc3ncc(-c4ccc(Cl)cc4)nc3c2)c1F)S(=O)O. The van der Waals surface area contributed by atoms with Crippen molar-refractivity contribution in [2.24, 2.45) is 0 Å². The fourth-order valence-electron chi connectivity index (χ4n) is 4.15. The Morgan fingerprint density at radius 2 is 1.73 bits per heavy atom. The van der Waals surface area contributed by atoms with Gasteiger partial charge in [-0.15, -0.1) is 0 Å². The van der Waals surface area contributed by atoms with Gasteiger partial charge >= 0.3 is 0 Å². The number of halogens is 4. The van der Waals surface area contributed by atoms with E-state index in [9.17, 15) is 30.8 Å². The number of hydrogen-bond acceptors (Lipinski definition) is 6. The summed E-state index contributed by atoms with van der Waals surface area (Å²) in [6, 6.07) is 11.0. The van der Waals surface area contributed by atoms with Crippen LogP contribution in [-0.4, -0.2) is 51.0 Å². The number of carbonyl (C=O) groups is 1. The van der Waals surface area contributed by atoms with Crippen LogP contribution in [0.2, 0.25) is 5.02 Å². The van der Waals surface area contributed by atoms with Crippen LogP contribution in [0.25, 0.3) is 22.3 Å². The molecule has 4 aromatic rings. The molecule has 0 amide bonds. The number of benzene rings is 3. The van der Waals surface area contributed by atoms with Crippen molar-refractivity contribution < 1.29 is 35.1 Å². The Hall–Kier alpha value is -3.39. The highest BCUT2D eigenvalue weighted by molar-refractivity contribution is 7.91. The van der Waals surface area contributed by atoms with Crippen molar-refractivity contribution in [3.05, 3.63) is 88.3 Å². The van der Waals surface area contributed by atoms with Gasteiger partial charge in [0.25, 0.3) is 11.3 Å². The number of ketones is 1. The first-order valence-corrected chi connectivity index (χ1v) is 15.5. The molecule has 14 heteroatoms. The lowest BCUT2D eigenvalue weighted by molar-refractivity contribution is 0.103. The number of aromatic nitrogens is 2. The summed E-state index contributed by atoms with van der Waals surface area (Å²) in [5.41, 5.74) is -0.691. The molecule has 216 valence electrons. The minimum absolute atomic E-state index is 0.106. The minimum atomic E-state index is -3.46. The average molecular weight is 626 g/mol. The summed E-state index contributed by atoms with van der Waals surface area (Å²) in [4.78, 5) is 22.0. The number of anilines is 1. The third-order valence-corrected chi connectivity index (χ3v) is 9.05. The van der Waals surface area contributed by atoms with Gasteiger partial charge in [0.15, 0.2) is 23.2 Å². The molecule has 1 heterocycles. The lowest BCUT2D eigenvalue weighted by Gasteiger charge is -2.22. The number of fused-ring (bicyclic) bond motifs is 1. The van der Waals surface area contributed by atoms with Gasteiger partial charge in [0.05, 0.1) is 39.9 Å². The fourth-order valence-corrected chi connectivity index (χ4v) is 6.26. The molecule has 1 aromatic heterocycles. The molecule has 0 aliphatic carbocycles. The molecule has 0 aliphatic heterocycles. The average Bonchev–Trinajstić information content (AvgIpc) is 2.93. The maximum Gasteiger partial charge on any atom is 0.261 e. The molecule has 0 radical (unpaired) electrons. The summed E-state index contributed by atoms with van der Waals surface area (Å²) in [5, 5.41) is 0.513. The Morgan fingerprint density at radius 1 is 1.02 bits per heavy atom. The maximum atomic E-state index is 15.6. The summed E-state index contributed by atoms with van der Waals surface area (Å²) in [5.74, 6) is -6.72. The molecule has 8 nitrogen and oxygen atoms in total. The second-order valence-corrected chi connectivity index (χ2v) is 12.7. The third-order valence-electron chi connectivity index (χ3n) is 6.10. The number of nitrogens with zero attached hydrogens (tertiary/aromatic N) is 3. The highest BCUT2D eigenvalue weighted by Gasteiger charge is 2.29. The topological polar surface area (TPSA) is 118 Å². The summed E-state index contributed by atoms with van der Waals surface area (Å²) in [7, 11) is -3.46. The normalized spacial score (nSPS) is 12.4. The molecule has 1 N–H and O–H groups in total. The van der Waals surface area contributed by atoms with E-state index in [1.165, 1.54) is 24.4 Å². The van der Waals surface area contributed by atoms with Crippen molar-refractivity contribution in [2.45, 2.75) is 19.8 Å². The zero-order valence-electron chi connectivity index (χ0n) is 21.5. The Morgan fingerprint density at radius 3 is 2.39 bits per heavy atom. The lowest BCUT2D eigenvalue weighted by Crippen LogP contribution is -2.30. The number of hydrogen-bond donors (Lipinski definition) is 1. The van der Waals surface area contributed by atoms with Crippen LogP contribution in [0.15, 0.2) is 54.7 Å². The molecule has 1 unspecified atom stereocenters. The predicted octanol–water partition coefficient (Wildman–Crippen LogP) is 5.76. The number of rotatable bonds is 11. The van der Waals surface area contributed by atoms with E-state index in [0.717, 1.165) is 0 Å². The summed E-state index contributed by atoms with van der Waals surface area (Å²) in [6.45, 7) is 1.18. The highest BCUT2D eigenvalue weighted by Crippen LogP contribution is 2.31. The second kappa shape index (κ2) is 12.6. The van der Waals surface area contributed by atoms with Crippen LogP contribution in [0.4, 0.5) is 18.9 Å². The molecule has 0 bridgehead atoms. The van der Waals surface area contributed by atoms with Gasteiger partial charge in [-0.25, -0.2) is 30.8 Å². The molecule has 4 rings (SSSR count). The summed E-state index contributed by atoms with van der Waals surface area (Å²) in [6.07, 6.45) is 1.67. The van der Waals surface area contributed by atoms with Gasteiger partial charge in [-0.3, -0.25) is 18.6 Å². The molecular formula is C27H23ClF3N3O5S2. The molecule has 41 heavy (non-hydrogen) atoms.